The Morgan fingerprint density at radius 3 is 2.32 bits per heavy atom. The largest absolute Gasteiger partial charge is 0.381 e. The number of guanidine groups is 1. The van der Waals surface area contributed by atoms with E-state index >= 15 is 0 Å². The maximum atomic E-state index is 6.10. The normalized spacial score (nSPS) is 17.2. The summed E-state index contributed by atoms with van der Waals surface area (Å²) in [6.45, 7) is 3.06. The smallest absolute Gasteiger partial charge is 0.188 e. The molecular weight excluding hydrogens is 310 g/mol. The third-order valence-electron chi connectivity index (χ3n) is 4.95. The number of hydrogen-bond acceptors (Lipinski definition) is 2. The number of nitrogens with zero attached hydrogens (tertiary/aromatic N) is 1. The summed E-state index contributed by atoms with van der Waals surface area (Å²) in [4.78, 5) is 4.66. The van der Waals surface area contributed by atoms with Gasteiger partial charge >= 0.3 is 0 Å². The first-order chi connectivity index (χ1) is 12.3. The molecule has 1 fully saturated rings. The molecule has 3 N–H and O–H groups in total. The van der Waals surface area contributed by atoms with Crippen molar-refractivity contribution in [2.24, 2.45) is 10.7 Å². The molecule has 4 nitrogen and oxygen atoms in total. The third-order valence-corrected chi connectivity index (χ3v) is 4.95. The molecule has 1 aliphatic heterocycles. The molecule has 1 saturated heterocycles. The molecule has 4 heteroatoms. The van der Waals surface area contributed by atoms with Gasteiger partial charge in [0.05, 0.1) is 6.54 Å². The van der Waals surface area contributed by atoms with Crippen LogP contribution in [0.5, 0.6) is 0 Å². The van der Waals surface area contributed by atoms with Crippen molar-refractivity contribution in [2.75, 3.05) is 26.3 Å². The number of nitrogens with one attached hydrogen (secondary N) is 1. The summed E-state index contributed by atoms with van der Waals surface area (Å²) in [6.07, 6.45) is 2.91. The Labute approximate surface area is 150 Å². The topological polar surface area (TPSA) is 59.6 Å². The second-order valence-corrected chi connectivity index (χ2v) is 6.62. The number of rotatable bonds is 6. The molecular formula is C21H27N3O. The van der Waals surface area contributed by atoms with Gasteiger partial charge in [-0.2, -0.15) is 0 Å². The van der Waals surface area contributed by atoms with E-state index in [1.54, 1.807) is 0 Å². The van der Waals surface area contributed by atoms with Crippen molar-refractivity contribution in [3.63, 3.8) is 0 Å². The molecule has 2 aromatic rings. The Morgan fingerprint density at radius 2 is 1.64 bits per heavy atom. The average molecular weight is 337 g/mol. The number of ether oxygens (including phenoxy) is 1. The lowest BCUT2D eigenvalue weighted by Crippen LogP contribution is -2.39. The molecule has 25 heavy (non-hydrogen) atoms. The van der Waals surface area contributed by atoms with Crippen LogP contribution in [0.2, 0.25) is 0 Å². The van der Waals surface area contributed by atoms with Gasteiger partial charge in [-0.15, -0.1) is 0 Å². The molecule has 0 radical (unpaired) electrons. The Hall–Kier alpha value is -2.33. The average Bonchev–Trinajstić information content (AvgIpc) is 2.69. The molecule has 132 valence electrons. The van der Waals surface area contributed by atoms with E-state index in [-0.39, 0.29) is 5.41 Å². The predicted octanol–water partition coefficient (Wildman–Crippen LogP) is 2.88. The quantitative estimate of drug-likeness (QED) is 0.629. The lowest BCUT2D eigenvalue weighted by atomic mass is 9.74. The summed E-state index contributed by atoms with van der Waals surface area (Å²) < 4.78 is 5.57. The molecule has 0 aromatic heterocycles. The van der Waals surface area contributed by atoms with E-state index in [4.69, 9.17) is 10.5 Å². The molecule has 0 bridgehead atoms. The Bertz CT molecular complexity index is 664. The Kier molecular flexibility index (Phi) is 6.07. The zero-order valence-electron chi connectivity index (χ0n) is 14.7. The summed E-state index contributed by atoms with van der Waals surface area (Å²) in [5, 5.41) is 3.24. The van der Waals surface area contributed by atoms with Crippen molar-refractivity contribution in [1.82, 2.24) is 5.32 Å². The van der Waals surface area contributed by atoms with Crippen LogP contribution in [0.25, 0.3) is 0 Å². The zero-order valence-corrected chi connectivity index (χ0v) is 14.7. The lowest BCUT2D eigenvalue weighted by molar-refractivity contribution is 0.0531. The highest BCUT2D eigenvalue weighted by molar-refractivity contribution is 5.77. The summed E-state index contributed by atoms with van der Waals surface area (Å²) >= 11 is 0. The van der Waals surface area contributed by atoms with E-state index in [1.807, 2.05) is 6.07 Å². The fraction of sp³-hybridized carbons (Fsp3) is 0.381. The van der Waals surface area contributed by atoms with Gasteiger partial charge in [-0.1, -0.05) is 60.7 Å². The fourth-order valence-electron chi connectivity index (χ4n) is 3.36. The SMILES string of the molecule is NC(=NCC1(c2ccccc2)CCOCC1)NCCc1ccccc1. The van der Waals surface area contributed by atoms with Crippen molar-refractivity contribution >= 4 is 5.96 Å². The number of hydrogen-bond donors (Lipinski definition) is 2. The van der Waals surface area contributed by atoms with E-state index < -0.39 is 0 Å². The van der Waals surface area contributed by atoms with Gasteiger partial charge in [-0.05, 0) is 30.4 Å². The number of benzene rings is 2. The first kappa shape index (κ1) is 17.5. The molecule has 3 rings (SSSR count). The molecule has 0 amide bonds. The van der Waals surface area contributed by atoms with Crippen molar-refractivity contribution < 1.29 is 4.74 Å². The van der Waals surface area contributed by atoms with Gasteiger partial charge in [-0.3, -0.25) is 4.99 Å². The summed E-state index contributed by atoms with van der Waals surface area (Å²) in [7, 11) is 0. The highest BCUT2D eigenvalue weighted by atomic mass is 16.5. The van der Waals surface area contributed by atoms with Gasteiger partial charge in [0.25, 0.3) is 0 Å². The van der Waals surface area contributed by atoms with Crippen molar-refractivity contribution in [1.29, 1.82) is 0 Å². The fourth-order valence-corrected chi connectivity index (χ4v) is 3.36. The van der Waals surface area contributed by atoms with Gasteiger partial charge in [0.15, 0.2) is 5.96 Å². The van der Waals surface area contributed by atoms with Gasteiger partial charge < -0.3 is 15.8 Å². The van der Waals surface area contributed by atoms with Crippen LogP contribution in [-0.2, 0) is 16.6 Å². The van der Waals surface area contributed by atoms with E-state index in [1.165, 1.54) is 11.1 Å². The summed E-state index contributed by atoms with van der Waals surface area (Å²) in [6, 6.07) is 21.0. The highest BCUT2D eigenvalue weighted by Gasteiger charge is 2.34. The zero-order chi connectivity index (χ0) is 17.4. The molecule has 1 aliphatic rings. The van der Waals surface area contributed by atoms with E-state index in [9.17, 15) is 0 Å². The van der Waals surface area contributed by atoms with Crippen LogP contribution in [0, 0.1) is 0 Å². The van der Waals surface area contributed by atoms with Crippen molar-refractivity contribution in [3.8, 4) is 0 Å². The van der Waals surface area contributed by atoms with Crippen LogP contribution in [-0.4, -0.2) is 32.3 Å². The molecule has 0 atom stereocenters. The van der Waals surface area contributed by atoms with Gasteiger partial charge in [0.1, 0.15) is 0 Å². The van der Waals surface area contributed by atoms with E-state index in [0.29, 0.717) is 12.5 Å². The molecule has 0 spiro atoms. The number of aliphatic imine (C=N–C) groups is 1. The lowest BCUT2D eigenvalue weighted by Gasteiger charge is -2.36. The van der Waals surface area contributed by atoms with Crippen molar-refractivity contribution in [3.05, 3.63) is 71.8 Å². The van der Waals surface area contributed by atoms with Gasteiger partial charge in [-0.25, -0.2) is 0 Å². The second kappa shape index (κ2) is 8.67. The van der Waals surface area contributed by atoms with Crippen LogP contribution in [0.4, 0.5) is 0 Å². The minimum absolute atomic E-state index is 0.0330. The minimum atomic E-state index is 0.0330. The van der Waals surface area contributed by atoms with E-state index in [2.05, 4.69) is 64.9 Å². The summed E-state index contributed by atoms with van der Waals surface area (Å²) in [5.41, 5.74) is 8.76. The van der Waals surface area contributed by atoms with Crippen LogP contribution in [0.15, 0.2) is 65.7 Å². The Morgan fingerprint density at radius 1 is 1.00 bits per heavy atom. The van der Waals surface area contributed by atoms with Crippen LogP contribution in [0.3, 0.4) is 0 Å². The highest BCUT2D eigenvalue weighted by Crippen LogP contribution is 2.35. The van der Waals surface area contributed by atoms with Crippen LogP contribution >= 0.6 is 0 Å². The maximum Gasteiger partial charge on any atom is 0.188 e. The minimum Gasteiger partial charge on any atom is -0.381 e. The van der Waals surface area contributed by atoms with E-state index in [0.717, 1.165) is 39.0 Å². The summed E-state index contributed by atoms with van der Waals surface area (Å²) in [5.74, 6) is 0.526. The van der Waals surface area contributed by atoms with Crippen LogP contribution < -0.4 is 11.1 Å². The molecule has 0 saturated carbocycles. The molecule has 0 unspecified atom stereocenters. The third kappa shape index (κ3) is 4.83. The van der Waals surface area contributed by atoms with Gasteiger partial charge in [0.2, 0.25) is 0 Å². The number of nitrogens with two attached hydrogens (primary N) is 1. The predicted molar refractivity (Wildman–Crippen MR) is 103 cm³/mol. The molecule has 0 aliphatic carbocycles. The monoisotopic (exact) mass is 337 g/mol. The van der Waals surface area contributed by atoms with Gasteiger partial charge in [0, 0.05) is 25.2 Å². The maximum absolute atomic E-state index is 6.10. The molecule has 2 aromatic carbocycles. The molecule has 1 heterocycles. The first-order valence-corrected chi connectivity index (χ1v) is 8.99. The standard InChI is InChI=1S/C21H27N3O/c22-20(23-14-11-18-7-3-1-4-8-18)24-17-21(12-15-25-16-13-21)19-9-5-2-6-10-19/h1-10H,11-17H2,(H3,22,23,24). The van der Waals surface area contributed by atoms with Crippen LogP contribution in [0.1, 0.15) is 24.0 Å². The first-order valence-electron chi connectivity index (χ1n) is 8.99. The second-order valence-electron chi connectivity index (χ2n) is 6.62. The Balaban J connectivity index is 1.59. The van der Waals surface area contributed by atoms with Crippen molar-refractivity contribution in [2.45, 2.75) is 24.7 Å².